The Labute approximate surface area is 200 Å². The molecule has 0 atom stereocenters. The minimum atomic E-state index is -3.64. The lowest BCUT2D eigenvalue weighted by molar-refractivity contribution is -0.119. The van der Waals surface area contributed by atoms with Crippen LogP contribution in [0.5, 0.6) is 0 Å². The van der Waals surface area contributed by atoms with Gasteiger partial charge in [0.05, 0.1) is 16.3 Å². The minimum Gasteiger partial charge on any atom is -0.451 e. The number of benzene rings is 2. The van der Waals surface area contributed by atoms with Crippen molar-refractivity contribution in [2.24, 2.45) is 0 Å². The number of hydrogen-bond donors (Lipinski definition) is 1. The molecule has 0 bridgehead atoms. The van der Waals surface area contributed by atoms with Crippen molar-refractivity contribution in [1.29, 1.82) is 0 Å². The number of carbonyl (C=O) groups is 2. The molecule has 0 saturated carbocycles. The van der Waals surface area contributed by atoms with Gasteiger partial charge in [-0.3, -0.25) is 4.79 Å². The van der Waals surface area contributed by atoms with Crippen LogP contribution in [0.25, 0.3) is 15.9 Å². The summed E-state index contributed by atoms with van der Waals surface area (Å²) in [6, 6.07) is 17.1. The SMILES string of the molecule is Cc1nn(-c2ccccc2)c2sc(C(=O)OCC(=O)Nc3cccc(S(=O)(=O)N(C)C)c3)cc12. The number of nitrogens with zero attached hydrogens (tertiary/aromatic N) is 3. The fourth-order valence-electron chi connectivity index (χ4n) is 3.24. The van der Waals surface area contributed by atoms with Crippen molar-refractivity contribution in [3.8, 4) is 5.69 Å². The molecule has 0 aliphatic carbocycles. The summed E-state index contributed by atoms with van der Waals surface area (Å²) in [5.41, 5.74) is 1.93. The van der Waals surface area contributed by atoms with E-state index in [0.29, 0.717) is 4.88 Å². The van der Waals surface area contributed by atoms with Crippen LogP contribution in [0.15, 0.2) is 65.6 Å². The molecule has 0 unspecified atom stereocenters. The Morgan fingerprint density at radius 2 is 1.82 bits per heavy atom. The van der Waals surface area contributed by atoms with E-state index in [1.54, 1.807) is 16.8 Å². The molecule has 2 heterocycles. The number of esters is 1. The molecule has 0 saturated heterocycles. The van der Waals surface area contributed by atoms with Crippen molar-refractivity contribution in [1.82, 2.24) is 14.1 Å². The molecule has 0 radical (unpaired) electrons. The molecule has 0 aliphatic rings. The molecule has 2 aromatic carbocycles. The molecule has 1 amide bonds. The van der Waals surface area contributed by atoms with Gasteiger partial charge in [-0.1, -0.05) is 24.3 Å². The first-order chi connectivity index (χ1) is 16.2. The van der Waals surface area contributed by atoms with Crippen LogP contribution >= 0.6 is 11.3 Å². The smallest absolute Gasteiger partial charge is 0.348 e. The Hall–Kier alpha value is -3.54. The molecular formula is C23H22N4O5S2. The third kappa shape index (κ3) is 4.72. The van der Waals surface area contributed by atoms with Gasteiger partial charge in [-0.05, 0) is 43.3 Å². The highest BCUT2D eigenvalue weighted by atomic mass is 32.2. The predicted octanol–water partition coefficient (Wildman–Crippen LogP) is 3.44. The quantitative estimate of drug-likeness (QED) is 0.391. The number of fused-ring (bicyclic) bond motifs is 1. The van der Waals surface area contributed by atoms with E-state index in [4.69, 9.17) is 4.74 Å². The number of thiophene rings is 1. The van der Waals surface area contributed by atoms with E-state index in [0.717, 1.165) is 25.9 Å². The third-order valence-corrected chi connectivity index (χ3v) is 7.88. The maximum absolute atomic E-state index is 12.6. The zero-order valence-electron chi connectivity index (χ0n) is 18.7. The normalized spacial score (nSPS) is 11.6. The lowest BCUT2D eigenvalue weighted by atomic mass is 10.3. The average molecular weight is 499 g/mol. The van der Waals surface area contributed by atoms with Gasteiger partial charge in [0.15, 0.2) is 6.61 Å². The molecule has 1 N–H and O–H groups in total. The zero-order valence-corrected chi connectivity index (χ0v) is 20.3. The maximum Gasteiger partial charge on any atom is 0.348 e. The van der Waals surface area contributed by atoms with Crippen molar-refractivity contribution in [3.05, 3.63) is 71.2 Å². The van der Waals surface area contributed by atoms with Crippen LogP contribution in [0.3, 0.4) is 0 Å². The van der Waals surface area contributed by atoms with E-state index < -0.39 is 28.5 Å². The maximum atomic E-state index is 12.6. The van der Waals surface area contributed by atoms with Gasteiger partial charge >= 0.3 is 5.97 Å². The second-order valence-corrected chi connectivity index (χ2v) is 10.8. The fourth-order valence-corrected chi connectivity index (χ4v) is 5.26. The van der Waals surface area contributed by atoms with E-state index in [1.165, 1.54) is 43.6 Å². The Morgan fingerprint density at radius 3 is 2.53 bits per heavy atom. The molecule has 34 heavy (non-hydrogen) atoms. The number of para-hydroxylation sites is 1. The Balaban J connectivity index is 1.44. The number of amides is 1. The molecule has 9 nitrogen and oxygen atoms in total. The summed E-state index contributed by atoms with van der Waals surface area (Å²) in [4.78, 5) is 26.1. The van der Waals surface area contributed by atoms with Gasteiger partial charge in [-0.15, -0.1) is 11.3 Å². The number of carbonyl (C=O) groups excluding carboxylic acids is 2. The fraction of sp³-hybridized carbons (Fsp3) is 0.174. The molecule has 2 aromatic heterocycles. The Bertz CT molecular complexity index is 1470. The van der Waals surface area contributed by atoms with Gasteiger partial charge in [0.25, 0.3) is 5.91 Å². The first kappa shape index (κ1) is 23.6. The first-order valence-corrected chi connectivity index (χ1v) is 12.5. The highest BCUT2D eigenvalue weighted by molar-refractivity contribution is 7.89. The molecule has 11 heteroatoms. The molecular weight excluding hydrogens is 476 g/mol. The largest absolute Gasteiger partial charge is 0.451 e. The van der Waals surface area contributed by atoms with E-state index in [2.05, 4.69) is 10.4 Å². The van der Waals surface area contributed by atoms with E-state index in [-0.39, 0.29) is 10.6 Å². The molecule has 0 fully saturated rings. The van der Waals surface area contributed by atoms with Crippen molar-refractivity contribution < 1.29 is 22.7 Å². The monoisotopic (exact) mass is 498 g/mol. The summed E-state index contributed by atoms with van der Waals surface area (Å²) < 4.78 is 32.6. The summed E-state index contributed by atoms with van der Waals surface area (Å²) in [5.74, 6) is -1.21. The highest BCUT2D eigenvalue weighted by Crippen LogP contribution is 2.30. The lowest BCUT2D eigenvalue weighted by Gasteiger charge is -2.12. The predicted molar refractivity (Wildman–Crippen MR) is 130 cm³/mol. The van der Waals surface area contributed by atoms with Crippen LogP contribution in [-0.4, -0.2) is 55.1 Å². The van der Waals surface area contributed by atoms with Gasteiger partial charge in [0, 0.05) is 25.2 Å². The number of aromatic nitrogens is 2. The van der Waals surface area contributed by atoms with Gasteiger partial charge in [-0.2, -0.15) is 5.10 Å². The number of rotatable bonds is 7. The lowest BCUT2D eigenvalue weighted by Crippen LogP contribution is -2.23. The number of hydrogen-bond acceptors (Lipinski definition) is 7. The first-order valence-electron chi connectivity index (χ1n) is 10.2. The van der Waals surface area contributed by atoms with Crippen LogP contribution in [0, 0.1) is 6.92 Å². The summed E-state index contributed by atoms with van der Waals surface area (Å²) in [7, 11) is -0.793. The summed E-state index contributed by atoms with van der Waals surface area (Å²) >= 11 is 1.23. The number of ether oxygens (including phenoxy) is 1. The zero-order chi connectivity index (χ0) is 24.5. The summed E-state index contributed by atoms with van der Waals surface area (Å²) in [6.07, 6.45) is 0. The number of sulfonamides is 1. The highest BCUT2D eigenvalue weighted by Gasteiger charge is 2.20. The average Bonchev–Trinajstić information content (AvgIpc) is 3.39. The van der Waals surface area contributed by atoms with E-state index in [9.17, 15) is 18.0 Å². The third-order valence-electron chi connectivity index (χ3n) is 4.98. The molecule has 0 spiro atoms. The van der Waals surface area contributed by atoms with Crippen LogP contribution in [0.2, 0.25) is 0 Å². The van der Waals surface area contributed by atoms with E-state index in [1.807, 2.05) is 37.3 Å². The van der Waals surface area contributed by atoms with Gasteiger partial charge in [-0.25, -0.2) is 22.2 Å². The second-order valence-electron chi connectivity index (χ2n) is 7.60. The second kappa shape index (κ2) is 9.37. The van der Waals surface area contributed by atoms with Crippen molar-refractivity contribution >= 4 is 49.1 Å². The van der Waals surface area contributed by atoms with Gasteiger partial charge in [0.1, 0.15) is 9.71 Å². The molecule has 4 aromatic rings. The molecule has 4 rings (SSSR count). The number of nitrogens with one attached hydrogen (secondary N) is 1. The van der Waals surface area contributed by atoms with Crippen molar-refractivity contribution in [2.45, 2.75) is 11.8 Å². The van der Waals surface area contributed by atoms with E-state index >= 15 is 0 Å². The van der Waals surface area contributed by atoms with Crippen molar-refractivity contribution in [2.75, 3.05) is 26.0 Å². The van der Waals surface area contributed by atoms with Crippen LogP contribution < -0.4 is 5.32 Å². The standard InChI is InChI=1S/C23H22N4O5S2/c1-15-19-13-20(33-22(19)27(25-15)17-9-5-4-6-10-17)23(29)32-14-21(28)24-16-8-7-11-18(12-16)34(30,31)26(2)3/h4-13H,14H2,1-3H3,(H,24,28). The minimum absolute atomic E-state index is 0.0420. The van der Waals surface area contributed by atoms with Gasteiger partial charge in [0.2, 0.25) is 10.0 Å². The number of anilines is 1. The van der Waals surface area contributed by atoms with Crippen LogP contribution in [0.4, 0.5) is 5.69 Å². The Morgan fingerprint density at radius 1 is 1.09 bits per heavy atom. The number of aryl methyl sites for hydroxylation is 1. The van der Waals surface area contributed by atoms with Gasteiger partial charge < -0.3 is 10.1 Å². The summed E-state index contributed by atoms with van der Waals surface area (Å²) in [6.45, 7) is 1.35. The molecule has 176 valence electrons. The molecule has 0 aliphatic heterocycles. The van der Waals surface area contributed by atoms with Crippen LogP contribution in [0.1, 0.15) is 15.4 Å². The summed E-state index contributed by atoms with van der Waals surface area (Å²) in [5, 5.41) is 7.93. The topological polar surface area (TPSA) is 111 Å². The van der Waals surface area contributed by atoms with Crippen molar-refractivity contribution in [3.63, 3.8) is 0 Å². The Kier molecular flexibility index (Phi) is 6.51. The van der Waals surface area contributed by atoms with Crippen LogP contribution in [-0.2, 0) is 19.6 Å².